The number of ketones is 1. The van der Waals surface area contributed by atoms with Crippen molar-refractivity contribution < 1.29 is 54.1 Å². The Morgan fingerprint density at radius 2 is 1.79 bits per heavy atom. The monoisotopic (exact) mass is 887 g/mol. The van der Waals surface area contributed by atoms with Crippen LogP contribution in [0, 0.1) is 35.3 Å². The van der Waals surface area contributed by atoms with Gasteiger partial charge in [0.2, 0.25) is 0 Å². The molecule has 6 atom stereocenters. The van der Waals surface area contributed by atoms with Gasteiger partial charge in [-0.05, 0) is 67.0 Å². The summed E-state index contributed by atoms with van der Waals surface area (Å²) in [6.45, 7) is -0.579. The van der Waals surface area contributed by atoms with Crippen LogP contribution in [-0.4, -0.2) is 75.2 Å². The van der Waals surface area contributed by atoms with Crippen LogP contribution >= 0.6 is 11.6 Å². The molecular weight excluding hydrogens is 852 g/mol. The zero-order valence-corrected chi connectivity index (χ0v) is 34.0. The summed E-state index contributed by atoms with van der Waals surface area (Å²) in [4.78, 5) is 19.1. The summed E-state index contributed by atoms with van der Waals surface area (Å²) in [5.41, 5.74) is -1.68. The highest BCUT2D eigenvalue weighted by Crippen LogP contribution is 2.68. The van der Waals surface area contributed by atoms with E-state index in [1.165, 1.54) is 10.7 Å². The van der Waals surface area contributed by atoms with E-state index >= 15 is 8.78 Å². The van der Waals surface area contributed by atoms with Crippen LogP contribution in [0.5, 0.6) is 0 Å². The molecule has 0 bridgehead atoms. The van der Waals surface area contributed by atoms with E-state index in [-0.39, 0.29) is 52.7 Å². The lowest BCUT2D eigenvalue weighted by atomic mass is 9.86. The lowest BCUT2D eigenvalue weighted by molar-refractivity contribution is -0.120. The summed E-state index contributed by atoms with van der Waals surface area (Å²) in [7, 11) is -2.01. The molecule has 3 fully saturated rings. The minimum Gasteiger partial charge on any atom is -0.375 e. The number of benzene rings is 2. The fraction of sp³-hybridized carbons (Fsp3) is 0.429. The molecule has 9 rings (SSSR count). The van der Waals surface area contributed by atoms with Crippen LogP contribution in [0.25, 0.3) is 22.0 Å². The van der Waals surface area contributed by atoms with E-state index in [9.17, 15) is 35.9 Å². The van der Waals surface area contributed by atoms with Crippen LogP contribution in [-0.2, 0) is 55.8 Å². The van der Waals surface area contributed by atoms with Crippen molar-refractivity contribution in [3.8, 4) is 23.0 Å². The standard InChI is InChI=1S/C42H36ClF6N5O6S/c1-53-37-27(5-6-31(43)34(37)32(51-53)18-61(2,57)58)26-4-3-24(7-9-41(56)19-60-40-29(41)8-10-59-40)50-35(26)21(11-20-12-22(44)15-23(45)13-20)14-25(55)17-54-38-33(36(52-54)39(46)47)28-16-30(28)42(38,48)49/h3-6,12-13,15,21,28-30,39-40,56H,8,10-11,14,16-19H2,1-2H3/t21-,28+,29-,30-,40-,41?/m1/s1. The van der Waals surface area contributed by atoms with E-state index in [1.807, 2.05) is 0 Å². The van der Waals surface area contributed by atoms with Crippen LogP contribution in [0.3, 0.4) is 0 Å². The zero-order chi connectivity index (χ0) is 43.3. The van der Waals surface area contributed by atoms with Gasteiger partial charge in [0.05, 0.1) is 46.8 Å². The molecule has 61 heavy (non-hydrogen) atoms. The lowest BCUT2D eigenvalue weighted by Gasteiger charge is -2.22. The number of nitrogens with zero attached hydrogens (tertiary/aromatic N) is 5. The molecule has 11 nitrogen and oxygen atoms in total. The molecule has 2 aliphatic carbocycles. The first-order chi connectivity index (χ1) is 28.8. The molecule has 5 aromatic rings. The van der Waals surface area contributed by atoms with Gasteiger partial charge in [-0.15, -0.1) is 0 Å². The van der Waals surface area contributed by atoms with Gasteiger partial charge < -0.3 is 14.6 Å². The molecular formula is C42H36ClF6N5O6S. The Morgan fingerprint density at radius 3 is 2.51 bits per heavy atom. The van der Waals surface area contributed by atoms with Crippen LogP contribution in [0.1, 0.15) is 77.1 Å². The first-order valence-corrected chi connectivity index (χ1v) is 21.8. The first-order valence-electron chi connectivity index (χ1n) is 19.4. The third kappa shape index (κ3) is 7.51. The topological polar surface area (TPSA) is 138 Å². The maximum atomic E-state index is 15.5. The summed E-state index contributed by atoms with van der Waals surface area (Å²) in [6.07, 6.45) is -2.97. The Morgan fingerprint density at radius 1 is 1.05 bits per heavy atom. The third-order valence-corrected chi connectivity index (χ3v) is 13.0. The predicted molar refractivity (Wildman–Crippen MR) is 207 cm³/mol. The fourth-order valence-corrected chi connectivity index (χ4v) is 10.2. The minimum absolute atomic E-state index is 0.0309. The molecule has 2 aromatic carbocycles. The smallest absolute Gasteiger partial charge is 0.293 e. The van der Waals surface area contributed by atoms with E-state index in [0.29, 0.717) is 45.8 Å². The van der Waals surface area contributed by atoms with Crippen LogP contribution in [0.4, 0.5) is 26.3 Å². The number of aryl methyl sites for hydroxylation is 1. The quantitative estimate of drug-likeness (QED) is 0.111. The molecule has 1 saturated carbocycles. The van der Waals surface area contributed by atoms with Gasteiger partial charge in [-0.25, -0.2) is 31.0 Å². The van der Waals surface area contributed by atoms with Gasteiger partial charge in [-0.2, -0.15) is 19.0 Å². The number of fused-ring (bicyclic) bond motifs is 5. The van der Waals surface area contributed by atoms with E-state index in [1.54, 1.807) is 25.2 Å². The molecule has 4 aliphatic rings. The summed E-state index contributed by atoms with van der Waals surface area (Å²) in [5.74, 6) is -4.16. The average Bonchev–Trinajstić information content (AvgIpc) is 3.43. The number of hydrogen-bond acceptors (Lipinski definition) is 9. The molecule has 3 aromatic heterocycles. The van der Waals surface area contributed by atoms with E-state index in [2.05, 4.69) is 22.0 Å². The number of aromatic nitrogens is 5. The Bertz CT molecular complexity index is 2800. The maximum Gasteiger partial charge on any atom is 0.293 e. The molecule has 5 heterocycles. The fourth-order valence-electron chi connectivity index (χ4n) is 9.28. The second-order valence-electron chi connectivity index (χ2n) is 16.3. The second kappa shape index (κ2) is 14.9. The lowest BCUT2D eigenvalue weighted by Crippen LogP contribution is -2.35. The second-order valence-corrected chi connectivity index (χ2v) is 18.9. The number of Topliss-reactive ketones (excluding diaryl/α,β-unsaturated/α-hetero) is 1. The Labute approximate surface area is 349 Å². The third-order valence-electron chi connectivity index (χ3n) is 11.9. The normalized spacial score (nSPS) is 24.1. The number of sulfone groups is 1. The molecule has 320 valence electrons. The molecule has 1 unspecified atom stereocenters. The number of ether oxygens (including phenoxy) is 2. The minimum atomic E-state index is -3.59. The maximum absolute atomic E-state index is 15.5. The molecule has 0 radical (unpaired) electrons. The number of aliphatic hydroxyl groups is 1. The van der Waals surface area contributed by atoms with E-state index in [4.69, 9.17) is 26.1 Å². The van der Waals surface area contributed by atoms with Crippen molar-refractivity contribution in [3.05, 3.63) is 98.7 Å². The molecule has 0 amide bonds. The molecule has 19 heteroatoms. The molecule has 1 N–H and O–H groups in total. The summed E-state index contributed by atoms with van der Waals surface area (Å²) in [6, 6.07) is 9.16. The number of carbonyl (C=O) groups excluding carboxylic acids is 1. The van der Waals surface area contributed by atoms with Gasteiger partial charge >= 0.3 is 0 Å². The van der Waals surface area contributed by atoms with E-state index in [0.717, 1.165) is 18.4 Å². The van der Waals surface area contributed by atoms with Gasteiger partial charge in [0, 0.05) is 59.7 Å². The molecule has 2 aliphatic heterocycles. The van der Waals surface area contributed by atoms with Crippen molar-refractivity contribution in [2.24, 2.45) is 18.9 Å². The Balaban J connectivity index is 1.19. The highest BCUT2D eigenvalue weighted by atomic mass is 35.5. The van der Waals surface area contributed by atoms with Gasteiger partial charge in [0.15, 0.2) is 27.5 Å². The largest absolute Gasteiger partial charge is 0.375 e. The summed E-state index contributed by atoms with van der Waals surface area (Å²) < 4.78 is 127. The van der Waals surface area contributed by atoms with Gasteiger partial charge in [-0.1, -0.05) is 23.6 Å². The summed E-state index contributed by atoms with van der Waals surface area (Å²) in [5, 5.41) is 20.2. The molecule has 2 saturated heterocycles. The zero-order valence-electron chi connectivity index (χ0n) is 32.4. The Kier molecular flexibility index (Phi) is 10.2. The number of alkyl halides is 4. The number of halogens is 7. The highest BCUT2D eigenvalue weighted by molar-refractivity contribution is 7.89. The number of carbonyl (C=O) groups is 1. The van der Waals surface area contributed by atoms with Crippen molar-refractivity contribution in [2.75, 3.05) is 19.5 Å². The average molecular weight is 888 g/mol. The van der Waals surface area contributed by atoms with Crippen molar-refractivity contribution in [2.45, 2.75) is 74.1 Å². The van der Waals surface area contributed by atoms with Crippen LogP contribution in [0.2, 0.25) is 5.02 Å². The Hall–Kier alpha value is -4.80. The first kappa shape index (κ1) is 41.5. The highest BCUT2D eigenvalue weighted by Gasteiger charge is 2.67. The predicted octanol–water partition coefficient (Wildman–Crippen LogP) is 6.92. The molecule has 0 spiro atoms. The van der Waals surface area contributed by atoms with Gasteiger partial charge in [0.25, 0.3) is 12.3 Å². The van der Waals surface area contributed by atoms with Gasteiger partial charge in [0.1, 0.15) is 35.3 Å². The number of rotatable bonds is 11. The summed E-state index contributed by atoms with van der Waals surface area (Å²) >= 11 is 6.67. The van der Waals surface area contributed by atoms with Crippen LogP contribution in [0.15, 0.2) is 42.5 Å². The number of pyridine rings is 1. The SMILES string of the molecule is Cn1nc(CS(C)(=O)=O)c2c(Cl)ccc(-c3ccc(C#CC4(O)CO[C@H]5OCC[C@H]54)nc3[C@@H](CC(=O)Cn3nc(C(F)F)c4c3C(F)(F)[C@@H]3C[C@H]43)Cc3cc(F)cc(F)c3)c21. The van der Waals surface area contributed by atoms with Crippen molar-refractivity contribution >= 4 is 38.1 Å². The van der Waals surface area contributed by atoms with Crippen molar-refractivity contribution in [1.82, 2.24) is 24.5 Å². The van der Waals surface area contributed by atoms with Crippen molar-refractivity contribution in [1.29, 1.82) is 0 Å². The van der Waals surface area contributed by atoms with Crippen molar-refractivity contribution in [3.63, 3.8) is 0 Å². The van der Waals surface area contributed by atoms with Crippen LogP contribution < -0.4 is 0 Å². The number of hydrogen-bond donors (Lipinski definition) is 1. The van der Waals surface area contributed by atoms with E-state index < -0.39 is 105 Å². The van der Waals surface area contributed by atoms with Gasteiger partial charge in [-0.3, -0.25) is 14.2 Å².